The van der Waals surface area contributed by atoms with Gasteiger partial charge in [0.15, 0.2) is 11.6 Å². The second kappa shape index (κ2) is 17.2. The number of allylic oxidation sites excluding steroid dienone is 2. The highest BCUT2D eigenvalue weighted by Gasteiger charge is 2.27. The van der Waals surface area contributed by atoms with Gasteiger partial charge in [0.1, 0.15) is 0 Å². The van der Waals surface area contributed by atoms with E-state index in [1.54, 1.807) is 0 Å². The standard InChI is InChI=1S/C54H51N5.C2H6/c1-8-36-26-28-40(31-37(36)9-2)51-55-52(41-29-27-38-19-17-18-20-39(38)32-41)57-53(56-51)59-47-24-16-12-15-23-44(47)46-34-54(6,7)33-45-43(10-3)48(30-25-35(4)5)58(49(45)50(46)59)42-21-13-11-14-22-42;1-2/h8-9,11,13-15,17-23,25-35H,1-2,10,12,16,24H2,3-7H3;1-2H3/b30-25-;. The van der Waals surface area contributed by atoms with Crippen molar-refractivity contribution in [2.24, 2.45) is 11.3 Å². The van der Waals surface area contributed by atoms with Gasteiger partial charge in [-0.25, -0.2) is 4.98 Å². The van der Waals surface area contributed by atoms with Crippen molar-refractivity contribution in [1.29, 1.82) is 0 Å². The van der Waals surface area contributed by atoms with Gasteiger partial charge in [-0.05, 0) is 89.4 Å². The molecule has 5 heteroatoms. The summed E-state index contributed by atoms with van der Waals surface area (Å²) in [6.45, 7) is 23.6. The highest BCUT2D eigenvalue weighted by Crippen LogP contribution is 2.31. The van der Waals surface area contributed by atoms with Crippen LogP contribution in [0.25, 0.3) is 81.6 Å². The first kappa shape index (κ1) is 41.2. The normalized spacial score (nSPS) is 13.9. The quantitative estimate of drug-likeness (QED) is 0.146. The molecule has 306 valence electrons. The molecule has 0 aliphatic heterocycles. The number of hydrogen-bond acceptors (Lipinski definition) is 3. The lowest BCUT2D eigenvalue weighted by Crippen LogP contribution is -2.15. The van der Waals surface area contributed by atoms with Crippen LogP contribution in [0.15, 0.2) is 116 Å². The van der Waals surface area contributed by atoms with E-state index in [0.717, 1.165) is 69.7 Å². The number of rotatable bonds is 9. The molecule has 0 N–H and O–H groups in total. The van der Waals surface area contributed by atoms with Crippen LogP contribution in [0.4, 0.5) is 0 Å². The third-order valence-electron chi connectivity index (χ3n) is 11.7. The summed E-state index contributed by atoms with van der Waals surface area (Å²) in [5.74, 6) is 2.24. The van der Waals surface area contributed by atoms with Crippen LogP contribution < -0.4 is 10.4 Å². The molecule has 2 aliphatic carbocycles. The molecule has 0 radical (unpaired) electrons. The van der Waals surface area contributed by atoms with Crippen LogP contribution >= 0.6 is 0 Å². The van der Waals surface area contributed by atoms with Crippen molar-refractivity contribution in [2.45, 2.75) is 74.1 Å². The number of para-hydroxylation sites is 1. The van der Waals surface area contributed by atoms with Gasteiger partial charge < -0.3 is 4.57 Å². The van der Waals surface area contributed by atoms with Crippen molar-refractivity contribution in [1.82, 2.24) is 24.1 Å². The molecule has 0 bridgehead atoms. The molecule has 0 unspecified atom stereocenters. The molecule has 0 saturated heterocycles. The van der Waals surface area contributed by atoms with Crippen molar-refractivity contribution in [3.05, 3.63) is 171 Å². The molecule has 4 aromatic carbocycles. The van der Waals surface area contributed by atoms with E-state index in [1.165, 1.54) is 38.3 Å². The zero-order chi connectivity index (χ0) is 42.8. The summed E-state index contributed by atoms with van der Waals surface area (Å²) >= 11 is 0. The first-order chi connectivity index (χ1) is 29.7. The number of aromatic nitrogens is 5. The second-order valence-electron chi connectivity index (χ2n) is 16.7. The molecule has 2 aliphatic rings. The van der Waals surface area contributed by atoms with Gasteiger partial charge in [-0.3, -0.25) is 4.57 Å². The molecule has 5 nitrogen and oxygen atoms in total. The fourth-order valence-corrected chi connectivity index (χ4v) is 8.91. The highest BCUT2D eigenvalue weighted by atomic mass is 15.2. The fraction of sp³-hybridized carbons (Fsp3) is 0.232. The third-order valence-corrected chi connectivity index (χ3v) is 11.7. The van der Waals surface area contributed by atoms with Crippen LogP contribution in [0.1, 0.15) is 94.9 Å². The summed E-state index contributed by atoms with van der Waals surface area (Å²) in [4.78, 5) is 16.2. The van der Waals surface area contributed by atoms with Gasteiger partial charge in [0.2, 0.25) is 5.95 Å². The number of nitrogens with zero attached hydrogens (tertiary/aromatic N) is 5. The maximum atomic E-state index is 5.49. The Balaban J connectivity index is 0.00000253. The molecule has 0 atom stereocenters. The Morgan fingerprint density at radius 1 is 0.738 bits per heavy atom. The van der Waals surface area contributed by atoms with E-state index in [9.17, 15) is 0 Å². The van der Waals surface area contributed by atoms with E-state index < -0.39 is 0 Å². The minimum Gasteiger partial charge on any atom is -0.308 e. The largest absolute Gasteiger partial charge is 0.308 e. The van der Waals surface area contributed by atoms with Crippen LogP contribution in [-0.4, -0.2) is 24.1 Å². The maximum Gasteiger partial charge on any atom is 0.238 e. The molecular weight excluding hydrogens is 743 g/mol. The maximum absolute atomic E-state index is 5.49. The van der Waals surface area contributed by atoms with Crippen molar-refractivity contribution in [3.63, 3.8) is 0 Å². The van der Waals surface area contributed by atoms with E-state index in [1.807, 2.05) is 26.0 Å². The Morgan fingerprint density at radius 3 is 2.10 bits per heavy atom. The van der Waals surface area contributed by atoms with Crippen LogP contribution in [0, 0.1) is 22.0 Å². The topological polar surface area (TPSA) is 48.5 Å². The van der Waals surface area contributed by atoms with Gasteiger partial charge in [0.05, 0.1) is 10.7 Å². The van der Waals surface area contributed by atoms with Crippen LogP contribution in [-0.2, 0) is 12.8 Å². The molecule has 0 amide bonds. The number of fused-ring (bicyclic) bond motifs is 5. The molecule has 61 heavy (non-hydrogen) atoms. The SMILES string of the molecule is C=Cc1ccc(-c2nc(-c3ccc4ccccc4c3)nc(-n3c4c(c5c3=c3c(c(CC)c(/C=C\C(C)C)n3-c3ccccc3)=CC(C)(C)C=5)C=CCCC4)n2)cc1C=C.CC. The summed E-state index contributed by atoms with van der Waals surface area (Å²) in [5, 5.41) is 7.06. The fourth-order valence-electron chi connectivity index (χ4n) is 8.91. The number of benzene rings is 4. The summed E-state index contributed by atoms with van der Waals surface area (Å²) in [5.41, 5.74) is 9.70. The molecule has 0 saturated carbocycles. The van der Waals surface area contributed by atoms with Crippen LogP contribution in [0.3, 0.4) is 0 Å². The molecule has 0 fully saturated rings. The predicted octanol–water partition coefficient (Wildman–Crippen LogP) is 12.7. The Bertz CT molecular complexity index is 3100. The van der Waals surface area contributed by atoms with E-state index in [2.05, 4.69) is 184 Å². The van der Waals surface area contributed by atoms with Gasteiger partial charge >= 0.3 is 0 Å². The zero-order valence-electron chi connectivity index (χ0n) is 36.8. The van der Waals surface area contributed by atoms with Gasteiger partial charge in [-0.2, -0.15) is 9.97 Å². The molecule has 3 aromatic heterocycles. The first-order valence-corrected chi connectivity index (χ1v) is 22.0. The lowest BCUT2D eigenvalue weighted by molar-refractivity contribution is 0.714. The van der Waals surface area contributed by atoms with Crippen LogP contribution in [0.5, 0.6) is 0 Å². The number of hydrogen-bond donors (Lipinski definition) is 0. The second-order valence-corrected chi connectivity index (χ2v) is 16.7. The molecule has 7 aromatic rings. The van der Waals surface area contributed by atoms with Crippen molar-refractivity contribution in [3.8, 4) is 34.4 Å². The minimum atomic E-state index is -0.250. The lowest BCUT2D eigenvalue weighted by Gasteiger charge is -2.14. The summed E-state index contributed by atoms with van der Waals surface area (Å²) in [6.07, 6.45) is 21.9. The summed E-state index contributed by atoms with van der Waals surface area (Å²) in [6, 6.07) is 32.0. The highest BCUT2D eigenvalue weighted by molar-refractivity contribution is 5.86. The first-order valence-electron chi connectivity index (χ1n) is 22.0. The van der Waals surface area contributed by atoms with Crippen LogP contribution in [0.2, 0.25) is 0 Å². The monoisotopic (exact) mass is 799 g/mol. The van der Waals surface area contributed by atoms with E-state index >= 15 is 0 Å². The summed E-state index contributed by atoms with van der Waals surface area (Å²) in [7, 11) is 0. The Kier molecular flexibility index (Phi) is 11.6. The van der Waals surface area contributed by atoms with Gasteiger partial charge in [0, 0.05) is 49.6 Å². The Labute approximate surface area is 360 Å². The average molecular weight is 800 g/mol. The van der Waals surface area contributed by atoms with E-state index in [0.29, 0.717) is 23.5 Å². The Morgan fingerprint density at radius 2 is 1.39 bits per heavy atom. The molecule has 3 heterocycles. The van der Waals surface area contributed by atoms with Crippen molar-refractivity contribution >= 4 is 47.2 Å². The average Bonchev–Trinajstić information content (AvgIpc) is 3.54. The Hall–Kier alpha value is -6.59. The minimum absolute atomic E-state index is 0.250. The molecule has 0 spiro atoms. The molecular formula is C56H57N5. The summed E-state index contributed by atoms with van der Waals surface area (Å²) < 4.78 is 4.88. The van der Waals surface area contributed by atoms with Gasteiger partial charge in [-0.1, -0.05) is 171 Å². The molecule has 9 rings (SSSR count). The van der Waals surface area contributed by atoms with Crippen molar-refractivity contribution < 1.29 is 0 Å². The third kappa shape index (κ3) is 7.70. The lowest BCUT2D eigenvalue weighted by atomic mass is 9.90. The predicted molar refractivity (Wildman–Crippen MR) is 260 cm³/mol. The zero-order valence-corrected chi connectivity index (χ0v) is 36.8. The smallest absolute Gasteiger partial charge is 0.238 e. The van der Waals surface area contributed by atoms with Gasteiger partial charge in [-0.15, -0.1) is 0 Å². The van der Waals surface area contributed by atoms with Crippen molar-refractivity contribution in [2.75, 3.05) is 0 Å². The van der Waals surface area contributed by atoms with E-state index in [4.69, 9.17) is 15.0 Å². The van der Waals surface area contributed by atoms with Gasteiger partial charge in [0.25, 0.3) is 0 Å². The van der Waals surface area contributed by atoms with E-state index in [-0.39, 0.29) is 5.41 Å².